The largest absolute Gasteiger partial charge is 0.467 e. The third-order valence-electron chi connectivity index (χ3n) is 3.61. The van der Waals surface area contributed by atoms with E-state index >= 15 is 0 Å². The molecule has 2 aromatic rings. The maximum Gasteiger partial charge on any atom is 0.330 e. The monoisotopic (exact) mass is 326 g/mol. The number of hydrogen-bond donors (Lipinski definition) is 2. The number of rotatable bonds is 5. The summed E-state index contributed by atoms with van der Waals surface area (Å²) in [7, 11) is 0. The fraction of sp³-hybridized carbons (Fsp3) is 0.429. The minimum Gasteiger partial charge on any atom is -0.467 e. The number of furan rings is 1. The quantitative estimate of drug-likeness (QED) is 0.809. The zero-order valence-electron chi connectivity index (χ0n) is 12.0. The SMILES string of the molecule is O=c1[nH]c(=O)n([C@@H]2CC(OCc3ccco3)[C@H](CO)O2)cc1F. The van der Waals surface area contributed by atoms with Gasteiger partial charge in [-0.25, -0.2) is 4.79 Å². The fourth-order valence-electron chi connectivity index (χ4n) is 2.47. The summed E-state index contributed by atoms with van der Waals surface area (Å²) in [5, 5.41) is 9.38. The van der Waals surface area contributed by atoms with E-state index in [2.05, 4.69) is 0 Å². The molecule has 3 heterocycles. The Morgan fingerprint density at radius 3 is 3.00 bits per heavy atom. The van der Waals surface area contributed by atoms with Crippen molar-refractivity contribution >= 4 is 0 Å². The standard InChI is InChI=1S/C14H15FN2O6/c15-9-5-17(14(20)16-13(9)19)12-4-10(11(6-18)23-12)22-7-8-2-1-3-21-8/h1-3,5,10-12,18H,4,6-7H2,(H,16,19,20)/t10?,11-,12-/m0/s1. The number of ether oxygens (including phenoxy) is 2. The average molecular weight is 326 g/mol. The predicted octanol–water partition coefficient (Wildman–Crippen LogP) is 0.134. The van der Waals surface area contributed by atoms with Crippen molar-refractivity contribution in [2.45, 2.75) is 31.5 Å². The fourth-order valence-corrected chi connectivity index (χ4v) is 2.47. The summed E-state index contributed by atoms with van der Waals surface area (Å²) in [6, 6.07) is 3.46. The Balaban J connectivity index is 1.74. The summed E-state index contributed by atoms with van der Waals surface area (Å²) in [6.45, 7) is -0.140. The molecule has 2 aromatic heterocycles. The zero-order chi connectivity index (χ0) is 16.4. The average Bonchev–Trinajstić information content (AvgIpc) is 3.17. The highest BCUT2D eigenvalue weighted by Crippen LogP contribution is 2.30. The van der Waals surface area contributed by atoms with Gasteiger partial charge >= 0.3 is 5.69 Å². The summed E-state index contributed by atoms with van der Waals surface area (Å²) >= 11 is 0. The lowest BCUT2D eigenvalue weighted by atomic mass is 10.2. The van der Waals surface area contributed by atoms with E-state index in [9.17, 15) is 19.1 Å². The third-order valence-corrected chi connectivity index (χ3v) is 3.61. The number of nitrogens with one attached hydrogen (secondary N) is 1. The Bertz CT molecular complexity index is 768. The first kappa shape index (κ1) is 15.7. The van der Waals surface area contributed by atoms with Crippen molar-refractivity contribution < 1.29 is 23.4 Å². The van der Waals surface area contributed by atoms with E-state index in [-0.39, 0.29) is 19.6 Å². The van der Waals surface area contributed by atoms with Gasteiger partial charge in [0.15, 0.2) is 0 Å². The number of aromatic amines is 1. The molecular weight excluding hydrogens is 311 g/mol. The Morgan fingerprint density at radius 1 is 1.48 bits per heavy atom. The summed E-state index contributed by atoms with van der Waals surface area (Å²) in [5.74, 6) is -0.480. The van der Waals surface area contributed by atoms with Gasteiger partial charge in [0, 0.05) is 6.42 Å². The van der Waals surface area contributed by atoms with Crippen LogP contribution in [0.3, 0.4) is 0 Å². The van der Waals surface area contributed by atoms with Crippen LogP contribution in [0.1, 0.15) is 18.4 Å². The van der Waals surface area contributed by atoms with E-state index in [0.717, 1.165) is 10.8 Å². The summed E-state index contributed by atoms with van der Waals surface area (Å²) in [4.78, 5) is 24.7. The number of aromatic nitrogens is 2. The molecule has 0 amide bonds. The lowest BCUT2D eigenvalue weighted by Crippen LogP contribution is -2.34. The number of H-pyrrole nitrogens is 1. The Labute approximate surface area is 129 Å². The first-order valence-corrected chi connectivity index (χ1v) is 6.99. The molecule has 0 bridgehead atoms. The second-order valence-corrected chi connectivity index (χ2v) is 5.12. The van der Waals surface area contributed by atoms with Crippen molar-refractivity contribution in [3.05, 3.63) is 57.0 Å². The molecule has 1 unspecified atom stereocenters. The normalized spacial score (nSPS) is 24.2. The highest BCUT2D eigenvalue weighted by atomic mass is 19.1. The van der Waals surface area contributed by atoms with Crippen molar-refractivity contribution in [2.24, 2.45) is 0 Å². The highest BCUT2D eigenvalue weighted by molar-refractivity contribution is 4.97. The maximum absolute atomic E-state index is 13.4. The molecule has 124 valence electrons. The second kappa shape index (κ2) is 6.49. The number of aliphatic hydroxyl groups is 1. The van der Waals surface area contributed by atoms with Gasteiger partial charge in [-0.05, 0) is 12.1 Å². The summed E-state index contributed by atoms with van der Waals surface area (Å²) < 4.78 is 30.6. The minimum absolute atomic E-state index is 0.180. The van der Waals surface area contributed by atoms with E-state index < -0.39 is 35.5 Å². The molecule has 0 radical (unpaired) electrons. The van der Waals surface area contributed by atoms with Gasteiger partial charge in [-0.3, -0.25) is 14.3 Å². The maximum atomic E-state index is 13.4. The van der Waals surface area contributed by atoms with Gasteiger partial charge in [-0.15, -0.1) is 0 Å². The summed E-state index contributed by atoms with van der Waals surface area (Å²) in [6.07, 6.45) is 0.507. The molecule has 23 heavy (non-hydrogen) atoms. The van der Waals surface area contributed by atoms with Crippen molar-refractivity contribution in [3.8, 4) is 0 Å². The van der Waals surface area contributed by atoms with Crippen LogP contribution in [0, 0.1) is 5.82 Å². The minimum atomic E-state index is -1.09. The van der Waals surface area contributed by atoms with E-state index in [1.165, 1.54) is 6.26 Å². The van der Waals surface area contributed by atoms with Crippen LogP contribution >= 0.6 is 0 Å². The Hall–Kier alpha value is -2.23. The van der Waals surface area contributed by atoms with Crippen LogP contribution < -0.4 is 11.2 Å². The Morgan fingerprint density at radius 2 is 2.30 bits per heavy atom. The van der Waals surface area contributed by atoms with Crippen LogP contribution in [0.5, 0.6) is 0 Å². The third kappa shape index (κ3) is 3.26. The number of aliphatic hydroxyl groups excluding tert-OH is 1. The molecular formula is C14H15FN2O6. The molecule has 1 saturated heterocycles. The lowest BCUT2D eigenvalue weighted by Gasteiger charge is -2.15. The molecule has 3 atom stereocenters. The number of hydrogen-bond acceptors (Lipinski definition) is 6. The van der Waals surface area contributed by atoms with Crippen LogP contribution in [-0.2, 0) is 16.1 Å². The van der Waals surface area contributed by atoms with E-state index in [1.54, 1.807) is 12.1 Å². The molecule has 0 aliphatic carbocycles. The molecule has 0 saturated carbocycles. The second-order valence-electron chi connectivity index (χ2n) is 5.12. The smallest absolute Gasteiger partial charge is 0.330 e. The van der Waals surface area contributed by atoms with Gasteiger partial charge in [0.2, 0.25) is 5.82 Å². The van der Waals surface area contributed by atoms with Crippen molar-refractivity contribution in [1.29, 1.82) is 0 Å². The van der Waals surface area contributed by atoms with Gasteiger partial charge < -0.3 is 19.0 Å². The molecule has 0 aromatic carbocycles. The number of halogens is 1. The van der Waals surface area contributed by atoms with Crippen LogP contribution in [0.2, 0.25) is 0 Å². The molecule has 1 fully saturated rings. The Kier molecular flexibility index (Phi) is 4.42. The molecule has 3 rings (SSSR count). The van der Waals surface area contributed by atoms with Gasteiger partial charge in [0.1, 0.15) is 24.7 Å². The van der Waals surface area contributed by atoms with Gasteiger partial charge in [0.25, 0.3) is 5.56 Å². The van der Waals surface area contributed by atoms with Crippen molar-refractivity contribution in [1.82, 2.24) is 9.55 Å². The molecule has 0 spiro atoms. The van der Waals surface area contributed by atoms with E-state index in [0.29, 0.717) is 5.76 Å². The van der Waals surface area contributed by atoms with E-state index in [4.69, 9.17) is 13.9 Å². The van der Waals surface area contributed by atoms with Crippen LogP contribution in [0.15, 0.2) is 38.6 Å². The zero-order valence-corrected chi connectivity index (χ0v) is 12.0. The first-order chi connectivity index (χ1) is 11.1. The van der Waals surface area contributed by atoms with Crippen LogP contribution in [-0.4, -0.2) is 33.5 Å². The van der Waals surface area contributed by atoms with Gasteiger partial charge in [-0.2, -0.15) is 4.39 Å². The highest BCUT2D eigenvalue weighted by Gasteiger charge is 2.37. The van der Waals surface area contributed by atoms with Crippen molar-refractivity contribution in [3.63, 3.8) is 0 Å². The number of nitrogens with zero attached hydrogens (tertiary/aromatic N) is 1. The predicted molar refractivity (Wildman–Crippen MR) is 74.2 cm³/mol. The topological polar surface area (TPSA) is 107 Å². The first-order valence-electron chi connectivity index (χ1n) is 6.99. The van der Waals surface area contributed by atoms with E-state index in [1.807, 2.05) is 4.98 Å². The molecule has 2 N–H and O–H groups in total. The van der Waals surface area contributed by atoms with Crippen LogP contribution in [0.4, 0.5) is 4.39 Å². The van der Waals surface area contributed by atoms with Crippen molar-refractivity contribution in [2.75, 3.05) is 6.61 Å². The van der Waals surface area contributed by atoms with Gasteiger partial charge in [-0.1, -0.05) is 0 Å². The molecule has 1 aliphatic heterocycles. The lowest BCUT2D eigenvalue weighted by molar-refractivity contribution is -0.0679. The molecule has 8 nitrogen and oxygen atoms in total. The molecule has 9 heteroatoms. The summed E-state index contributed by atoms with van der Waals surface area (Å²) in [5.41, 5.74) is -1.88. The van der Waals surface area contributed by atoms with Gasteiger partial charge in [0.05, 0.1) is 25.2 Å². The van der Waals surface area contributed by atoms with Crippen LogP contribution in [0.25, 0.3) is 0 Å². The molecule has 1 aliphatic rings.